The summed E-state index contributed by atoms with van der Waals surface area (Å²) in [5, 5.41) is 0. The van der Waals surface area contributed by atoms with Crippen LogP contribution in [-0.4, -0.2) is 115 Å². The number of carbonyl (C=O) groups is 1. The third-order valence-corrected chi connectivity index (χ3v) is 15.6. The standard InChI is InChI=1S/C44H64O11/c1-8-29-23(4)17-32-36(50-29)25(6)37-33(49-32)19-31-24(5)21(2)15-26(47-31)9-10-30-22(3)16-27(46-30)12-14-44-20-34-38(54-44)40-39(51-34)41(55-44)42-43(7,53-40)13-11-28(48-42)18-35(45)52-37/h21,23,25-34,36-42H,3,5,8-20H2,1-2,4,6-7H3/t21-,23-,25+,26+,27+,28-,29-,30+,31-,32+,33+,34-,36+,37-,38?,39-,40+,41-,42-,43+,44+/m1/s1. The molecule has 55 heavy (non-hydrogen) atoms. The van der Waals surface area contributed by atoms with E-state index in [-0.39, 0.29) is 104 Å². The molecule has 11 heterocycles. The number of fused-ring (bicyclic) bond motifs is 7. The average Bonchev–Trinajstić information content (AvgIpc) is 3.73. The van der Waals surface area contributed by atoms with Crippen LogP contribution >= 0.6 is 0 Å². The summed E-state index contributed by atoms with van der Waals surface area (Å²) in [4.78, 5) is 14.1. The molecule has 0 aliphatic carbocycles. The number of ether oxygens (including phenoxy) is 10. The molecule has 0 saturated carbocycles. The van der Waals surface area contributed by atoms with E-state index in [2.05, 4.69) is 47.8 Å². The van der Waals surface area contributed by atoms with Crippen LogP contribution in [-0.2, 0) is 52.2 Å². The Morgan fingerprint density at radius 1 is 0.673 bits per heavy atom. The van der Waals surface area contributed by atoms with Crippen molar-refractivity contribution in [3.8, 4) is 0 Å². The number of esters is 1. The van der Waals surface area contributed by atoms with Crippen LogP contribution in [0.1, 0.15) is 118 Å². The van der Waals surface area contributed by atoms with Crippen LogP contribution < -0.4 is 0 Å². The lowest BCUT2D eigenvalue weighted by Crippen LogP contribution is -2.67. The molecule has 0 radical (unpaired) electrons. The molecule has 0 amide bonds. The average molecular weight is 769 g/mol. The molecule has 0 aromatic rings. The lowest BCUT2D eigenvalue weighted by molar-refractivity contribution is -0.315. The highest BCUT2D eigenvalue weighted by molar-refractivity contribution is 5.70. The van der Waals surface area contributed by atoms with Gasteiger partial charge in [-0.15, -0.1) is 0 Å². The van der Waals surface area contributed by atoms with E-state index in [1.807, 2.05) is 0 Å². The van der Waals surface area contributed by atoms with Gasteiger partial charge in [-0.25, -0.2) is 0 Å². The smallest absolute Gasteiger partial charge is 0.308 e. The SMILES string of the molecule is C=C1C[C@@H]2CC[C@@]34C[C@H]5O[C@H]6[C@@H](O3)[C@H]3O[C@H](CC[C@]3(C)O[C@H]6C5O4)CC(=O)O[C@@H]3[C@@H](C)[C@@H]4O[C@H](CC)[C@H](C)C[C@@H]4O[C@H]3C[C@H]3O[C@@H](CC[C@@H]1O2)C[C@@H](C)C3=C. The molecule has 0 aromatic heterocycles. The van der Waals surface area contributed by atoms with E-state index < -0.39 is 23.6 Å². The van der Waals surface area contributed by atoms with Gasteiger partial charge in [0, 0.05) is 25.2 Å². The third-order valence-electron chi connectivity index (χ3n) is 15.6. The van der Waals surface area contributed by atoms with Crippen molar-refractivity contribution < 1.29 is 52.2 Å². The van der Waals surface area contributed by atoms with Crippen molar-refractivity contribution >= 4 is 5.97 Å². The number of rotatable bonds is 1. The van der Waals surface area contributed by atoms with Gasteiger partial charge in [0.2, 0.25) is 0 Å². The lowest BCUT2D eigenvalue weighted by atomic mass is 9.78. The van der Waals surface area contributed by atoms with Gasteiger partial charge in [-0.05, 0) is 87.7 Å². The maximum absolute atomic E-state index is 14.1. The zero-order valence-corrected chi connectivity index (χ0v) is 33.6. The minimum atomic E-state index is -0.795. The Morgan fingerprint density at radius 3 is 2.27 bits per heavy atom. The summed E-state index contributed by atoms with van der Waals surface area (Å²) in [6, 6.07) is 0. The predicted octanol–water partition coefficient (Wildman–Crippen LogP) is 6.28. The van der Waals surface area contributed by atoms with Crippen molar-refractivity contribution in [1.29, 1.82) is 0 Å². The van der Waals surface area contributed by atoms with Crippen molar-refractivity contribution in [2.75, 3.05) is 0 Å². The Labute approximate surface area is 326 Å². The highest BCUT2D eigenvalue weighted by atomic mass is 16.8. The Kier molecular flexibility index (Phi) is 9.71. The number of hydrogen-bond acceptors (Lipinski definition) is 11. The normalized spacial score (nSPS) is 56.3. The van der Waals surface area contributed by atoms with Gasteiger partial charge in [0.25, 0.3) is 0 Å². The maximum atomic E-state index is 14.1. The van der Waals surface area contributed by atoms with E-state index in [4.69, 9.17) is 47.4 Å². The maximum Gasteiger partial charge on any atom is 0.308 e. The summed E-state index contributed by atoms with van der Waals surface area (Å²) in [6.07, 6.45) is 6.78. The summed E-state index contributed by atoms with van der Waals surface area (Å²) < 4.78 is 68.2. The van der Waals surface area contributed by atoms with Gasteiger partial charge in [-0.3, -0.25) is 4.79 Å². The number of carbonyl (C=O) groups excluding carboxylic acids is 1. The van der Waals surface area contributed by atoms with E-state index in [0.717, 1.165) is 62.5 Å². The summed E-state index contributed by atoms with van der Waals surface area (Å²) in [7, 11) is 0. The van der Waals surface area contributed by atoms with Crippen LogP contribution in [0, 0.1) is 17.8 Å². The summed E-state index contributed by atoms with van der Waals surface area (Å²) >= 11 is 0. The molecule has 306 valence electrons. The molecule has 11 aliphatic rings. The Balaban J connectivity index is 0.947. The molecule has 0 N–H and O–H groups in total. The molecule has 11 rings (SSSR count). The highest BCUT2D eigenvalue weighted by Gasteiger charge is 2.71. The first kappa shape index (κ1) is 37.8. The van der Waals surface area contributed by atoms with E-state index >= 15 is 0 Å². The van der Waals surface area contributed by atoms with Gasteiger partial charge in [-0.2, -0.15) is 0 Å². The van der Waals surface area contributed by atoms with Crippen LogP contribution in [0.5, 0.6) is 0 Å². The molecule has 21 atom stereocenters. The second kappa shape index (κ2) is 14.1. The fraction of sp³-hybridized carbons (Fsp3) is 0.886. The van der Waals surface area contributed by atoms with E-state index in [0.29, 0.717) is 37.5 Å². The molecule has 1 unspecified atom stereocenters. The first-order valence-electron chi connectivity index (χ1n) is 21.9. The van der Waals surface area contributed by atoms with Crippen LogP contribution in [0.3, 0.4) is 0 Å². The molecule has 1 spiro atoms. The third kappa shape index (κ3) is 6.53. The van der Waals surface area contributed by atoms with Gasteiger partial charge < -0.3 is 47.4 Å². The topological polar surface area (TPSA) is 109 Å². The van der Waals surface area contributed by atoms with Gasteiger partial charge in [0.05, 0.1) is 73.1 Å². The highest BCUT2D eigenvalue weighted by Crippen LogP contribution is 2.56. The molecule has 11 nitrogen and oxygen atoms in total. The Morgan fingerprint density at radius 2 is 1.44 bits per heavy atom. The van der Waals surface area contributed by atoms with Crippen molar-refractivity contribution in [2.24, 2.45) is 17.8 Å². The zero-order chi connectivity index (χ0) is 38.0. The quantitative estimate of drug-likeness (QED) is 0.222. The van der Waals surface area contributed by atoms with Crippen LogP contribution in [0.25, 0.3) is 0 Å². The van der Waals surface area contributed by atoms with Crippen molar-refractivity contribution in [3.63, 3.8) is 0 Å². The molecule has 0 aromatic carbocycles. The van der Waals surface area contributed by atoms with Gasteiger partial charge in [0.1, 0.15) is 36.6 Å². The van der Waals surface area contributed by atoms with E-state index in [9.17, 15) is 4.79 Å². The minimum Gasteiger partial charge on any atom is -0.459 e. The summed E-state index contributed by atoms with van der Waals surface area (Å²) in [5.74, 6) is -0.450. The zero-order valence-electron chi connectivity index (χ0n) is 33.6. The van der Waals surface area contributed by atoms with E-state index in [1.165, 1.54) is 0 Å². The van der Waals surface area contributed by atoms with Crippen LogP contribution in [0.2, 0.25) is 0 Å². The fourth-order valence-corrected chi connectivity index (χ4v) is 12.5. The first-order valence-corrected chi connectivity index (χ1v) is 21.9. The van der Waals surface area contributed by atoms with Crippen molar-refractivity contribution in [1.82, 2.24) is 0 Å². The Bertz CT molecular complexity index is 1520. The molecule has 11 heteroatoms. The van der Waals surface area contributed by atoms with Crippen molar-refractivity contribution in [3.05, 3.63) is 24.3 Å². The second-order valence-corrected chi connectivity index (χ2v) is 19.4. The summed E-state index contributed by atoms with van der Waals surface area (Å²) in [6.45, 7) is 20.0. The lowest BCUT2D eigenvalue weighted by Gasteiger charge is -2.53. The largest absolute Gasteiger partial charge is 0.459 e. The van der Waals surface area contributed by atoms with Gasteiger partial charge in [0.15, 0.2) is 5.79 Å². The minimum absolute atomic E-state index is 0.00401. The Hall–Kier alpha value is -1.41. The predicted molar refractivity (Wildman–Crippen MR) is 199 cm³/mol. The monoisotopic (exact) mass is 768 g/mol. The van der Waals surface area contributed by atoms with Crippen LogP contribution in [0.15, 0.2) is 24.3 Å². The second-order valence-electron chi connectivity index (χ2n) is 19.4. The number of hydrogen-bond donors (Lipinski definition) is 0. The molecule has 11 saturated heterocycles. The molecular weight excluding hydrogens is 704 g/mol. The van der Waals surface area contributed by atoms with Gasteiger partial charge in [-0.1, -0.05) is 40.9 Å². The molecule has 11 aliphatic heterocycles. The van der Waals surface area contributed by atoms with E-state index in [1.54, 1.807) is 0 Å². The van der Waals surface area contributed by atoms with Crippen LogP contribution in [0.4, 0.5) is 0 Å². The first-order chi connectivity index (χ1) is 26.4. The molecule has 12 bridgehead atoms. The molecule has 11 fully saturated rings. The van der Waals surface area contributed by atoms with Gasteiger partial charge >= 0.3 is 5.97 Å². The van der Waals surface area contributed by atoms with Crippen molar-refractivity contribution in [2.45, 2.75) is 227 Å². The fourth-order valence-electron chi connectivity index (χ4n) is 12.5. The molecular formula is C44H64O11. The summed E-state index contributed by atoms with van der Waals surface area (Å²) in [5.41, 5.74) is 1.66.